The van der Waals surface area contributed by atoms with Gasteiger partial charge in [-0.05, 0) is 12.1 Å². The number of hydrogen-bond acceptors (Lipinski definition) is 7. The second-order valence-corrected chi connectivity index (χ2v) is 6.23. The van der Waals surface area contributed by atoms with Crippen molar-refractivity contribution < 1.29 is 9.32 Å². The smallest absolute Gasteiger partial charge is 0.240 e. The summed E-state index contributed by atoms with van der Waals surface area (Å²) in [6.45, 7) is 1.81. The SMILES string of the molecule is CN(C(=O)CN1CC(c2nc(-c3cnccn3)no2)C1)c1ccccc1. The van der Waals surface area contributed by atoms with E-state index in [0.717, 1.165) is 18.8 Å². The first-order chi connectivity index (χ1) is 12.7. The van der Waals surface area contributed by atoms with Crippen molar-refractivity contribution in [2.75, 3.05) is 31.6 Å². The molecule has 0 N–H and O–H groups in total. The van der Waals surface area contributed by atoms with Crippen LogP contribution >= 0.6 is 0 Å². The zero-order valence-electron chi connectivity index (χ0n) is 14.3. The van der Waals surface area contributed by atoms with Gasteiger partial charge in [0.05, 0.1) is 18.7 Å². The van der Waals surface area contributed by atoms with E-state index in [2.05, 4.69) is 25.0 Å². The number of amides is 1. The number of para-hydroxylation sites is 1. The van der Waals surface area contributed by atoms with Crippen molar-refractivity contribution in [1.29, 1.82) is 0 Å². The summed E-state index contributed by atoms with van der Waals surface area (Å²) >= 11 is 0. The molecule has 8 heteroatoms. The van der Waals surface area contributed by atoms with Crippen molar-refractivity contribution in [1.82, 2.24) is 25.0 Å². The summed E-state index contributed by atoms with van der Waals surface area (Å²) in [7, 11) is 1.79. The average Bonchev–Trinajstić information content (AvgIpc) is 3.14. The quantitative estimate of drug-likeness (QED) is 0.690. The molecule has 0 spiro atoms. The van der Waals surface area contributed by atoms with E-state index in [-0.39, 0.29) is 11.8 Å². The molecule has 1 saturated heterocycles. The maximum Gasteiger partial charge on any atom is 0.240 e. The number of hydrogen-bond donors (Lipinski definition) is 0. The van der Waals surface area contributed by atoms with E-state index in [1.165, 1.54) is 0 Å². The molecule has 1 aliphatic heterocycles. The molecule has 2 aromatic heterocycles. The Morgan fingerprint density at radius 1 is 1.27 bits per heavy atom. The van der Waals surface area contributed by atoms with Gasteiger partial charge in [0, 0.05) is 38.2 Å². The first-order valence-electron chi connectivity index (χ1n) is 8.34. The Hall–Kier alpha value is -3.13. The van der Waals surface area contributed by atoms with E-state index in [4.69, 9.17) is 4.52 Å². The van der Waals surface area contributed by atoms with Gasteiger partial charge in [0.2, 0.25) is 17.6 Å². The molecule has 0 atom stereocenters. The Kier molecular flexibility index (Phi) is 4.40. The van der Waals surface area contributed by atoms with Gasteiger partial charge in [-0.2, -0.15) is 4.98 Å². The lowest BCUT2D eigenvalue weighted by atomic mass is 10.0. The van der Waals surface area contributed by atoms with Gasteiger partial charge in [-0.3, -0.25) is 14.7 Å². The maximum atomic E-state index is 12.4. The highest BCUT2D eigenvalue weighted by Gasteiger charge is 2.34. The predicted octanol–water partition coefficient (Wildman–Crippen LogP) is 1.59. The van der Waals surface area contributed by atoms with Gasteiger partial charge in [-0.1, -0.05) is 23.4 Å². The Balaban J connectivity index is 1.32. The third-order valence-corrected chi connectivity index (χ3v) is 4.42. The number of likely N-dealkylation sites (tertiary alicyclic amines) is 1. The molecule has 3 heterocycles. The number of aromatic nitrogens is 4. The monoisotopic (exact) mass is 350 g/mol. The fourth-order valence-corrected chi connectivity index (χ4v) is 2.87. The number of benzene rings is 1. The van der Waals surface area contributed by atoms with Gasteiger partial charge in [0.15, 0.2) is 0 Å². The number of carbonyl (C=O) groups is 1. The summed E-state index contributed by atoms with van der Waals surface area (Å²) in [5.74, 6) is 1.21. The zero-order chi connectivity index (χ0) is 17.9. The van der Waals surface area contributed by atoms with Crippen LogP contribution in [-0.4, -0.2) is 57.6 Å². The van der Waals surface area contributed by atoms with Crippen LogP contribution in [0.5, 0.6) is 0 Å². The van der Waals surface area contributed by atoms with Crippen LogP contribution in [-0.2, 0) is 4.79 Å². The molecule has 0 aliphatic carbocycles. The molecular weight excluding hydrogens is 332 g/mol. The number of rotatable bonds is 5. The summed E-state index contributed by atoms with van der Waals surface area (Å²) in [5, 5.41) is 3.96. The molecule has 26 heavy (non-hydrogen) atoms. The fourth-order valence-electron chi connectivity index (χ4n) is 2.87. The Labute approximate surface area is 150 Å². The number of carbonyl (C=O) groups excluding carboxylic acids is 1. The van der Waals surface area contributed by atoms with Gasteiger partial charge in [-0.15, -0.1) is 0 Å². The van der Waals surface area contributed by atoms with Crippen LogP contribution in [0.3, 0.4) is 0 Å². The van der Waals surface area contributed by atoms with Crippen LogP contribution in [0.4, 0.5) is 5.69 Å². The normalized spacial score (nSPS) is 14.8. The number of nitrogens with zero attached hydrogens (tertiary/aromatic N) is 6. The Bertz CT molecular complexity index is 877. The van der Waals surface area contributed by atoms with E-state index in [0.29, 0.717) is 24.0 Å². The molecule has 1 fully saturated rings. The molecule has 3 aromatic rings. The molecule has 0 saturated carbocycles. The Morgan fingerprint density at radius 2 is 2.08 bits per heavy atom. The molecule has 4 rings (SSSR count). The average molecular weight is 350 g/mol. The molecule has 8 nitrogen and oxygen atoms in total. The highest BCUT2D eigenvalue weighted by atomic mass is 16.5. The van der Waals surface area contributed by atoms with E-state index < -0.39 is 0 Å². The van der Waals surface area contributed by atoms with Gasteiger partial charge in [-0.25, -0.2) is 4.98 Å². The van der Waals surface area contributed by atoms with Crippen molar-refractivity contribution >= 4 is 11.6 Å². The molecule has 1 aliphatic rings. The predicted molar refractivity (Wildman–Crippen MR) is 94.4 cm³/mol. The maximum absolute atomic E-state index is 12.4. The lowest BCUT2D eigenvalue weighted by molar-refractivity contribution is -0.120. The van der Waals surface area contributed by atoms with Crippen molar-refractivity contribution in [3.63, 3.8) is 0 Å². The first kappa shape index (κ1) is 16.3. The third-order valence-electron chi connectivity index (χ3n) is 4.42. The van der Waals surface area contributed by atoms with Gasteiger partial charge < -0.3 is 9.42 Å². The minimum Gasteiger partial charge on any atom is -0.339 e. The van der Waals surface area contributed by atoms with E-state index in [1.807, 2.05) is 30.3 Å². The van der Waals surface area contributed by atoms with Crippen molar-refractivity contribution in [3.05, 3.63) is 54.8 Å². The summed E-state index contributed by atoms with van der Waals surface area (Å²) in [6, 6.07) is 9.61. The molecule has 1 amide bonds. The molecular formula is C18H18N6O2. The number of likely N-dealkylation sites (N-methyl/N-ethyl adjacent to an activating group) is 1. The van der Waals surface area contributed by atoms with Crippen molar-refractivity contribution in [2.24, 2.45) is 0 Å². The summed E-state index contributed by atoms with van der Waals surface area (Å²) in [5.41, 5.74) is 1.47. The minimum atomic E-state index is 0.0560. The largest absolute Gasteiger partial charge is 0.339 e. The second kappa shape index (κ2) is 7.01. The first-order valence-corrected chi connectivity index (χ1v) is 8.34. The Morgan fingerprint density at radius 3 is 2.81 bits per heavy atom. The van der Waals surface area contributed by atoms with Crippen LogP contribution in [0.2, 0.25) is 0 Å². The van der Waals surface area contributed by atoms with E-state index >= 15 is 0 Å². The van der Waals surface area contributed by atoms with Crippen LogP contribution in [0.15, 0.2) is 53.4 Å². The highest BCUT2D eigenvalue weighted by Crippen LogP contribution is 2.27. The minimum absolute atomic E-state index is 0.0560. The lowest BCUT2D eigenvalue weighted by Crippen LogP contribution is -2.50. The van der Waals surface area contributed by atoms with Crippen molar-refractivity contribution in [3.8, 4) is 11.5 Å². The van der Waals surface area contributed by atoms with E-state index in [9.17, 15) is 4.79 Å². The zero-order valence-corrected chi connectivity index (χ0v) is 14.3. The highest BCUT2D eigenvalue weighted by molar-refractivity contribution is 5.94. The lowest BCUT2D eigenvalue weighted by Gasteiger charge is -2.37. The molecule has 0 radical (unpaired) electrons. The van der Waals surface area contributed by atoms with Crippen molar-refractivity contribution in [2.45, 2.75) is 5.92 Å². The van der Waals surface area contributed by atoms with Gasteiger partial charge in [0.25, 0.3) is 0 Å². The molecule has 0 bridgehead atoms. The third kappa shape index (κ3) is 3.31. The molecule has 0 unspecified atom stereocenters. The van der Waals surface area contributed by atoms with Crippen LogP contribution in [0.1, 0.15) is 11.8 Å². The summed E-state index contributed by atoms with van der Waals surface area (Å²) in [4.78, 5) is 28.7. The molecule has 132 valence electrons. The summed E-state index contributed by atoms with van der Waals surface area (Å²) in [6.07, 6.45) is 4.78. The number of anilines is 1. The van der Waals surface area contributed by atoms with Crippen LogP contribution < -0.4 is 4.90 Å². The van der Waals surface area contributed by atoms with Gasteiger partial charge in [0.1, 0.15) is 5.69 Å². The second-order valence-electron chi connectivity index (χ2n) is 6.23. The van der Waals surface area contributed by atoms with Crippen LogP contribution in [0, 0.1) is 0 Å². The summed E-state index contributed by atoms with van der Waals surface area (Å²) < 4.78 is 5.34. The van der Waals surface area contributed by atoms with E-state index in [1.54, 1.807) is 30.5 Å². The topological polar surface area (TPSA) is 88.3 Å². The molecule has 1 aromatic carbocycles. The van der Waals surface area contributed by atoms with Crippen LogP contribution in [0.25, 0.3) is 11.5 Å². The van der Waals surface area contributed by atoms with Gasteiger partial charge >= 0.3 is 0 Å². The fraction of sp³-hybridized carbons (Fsp3) is 0.278. The standard InChI is InChI=1S/C18H18N6O2/c1-23(14-5-3-2-4-6-14)16(25)12-24-10-13(11-24)18-21-17(22-26-18)15-9-19-7-8-20-15/h2-9,13H,10-12H2,1H3.